The molecule has 16 unspecified atom stereocenters. The lowest BCUT2D eigenvalue weighted by Gasteiger charge is -2.74. The standard InChI is InChI=1S/C47H68N2O8/c1-48-18-19-49-25-30-20-29-24-45(54)44(31-11-3-2-4-12-31,40(29)34-23-39(52)57-41(30)34)17-15-38-43(26-50)16-14-37(51)35-21-28-10-7-13-32(27-8-5-6-9-27)33(28)22-36(46(35,43)55)42(53)47(38,45)56/h7,10,20,23,26-29,31-33,35-38,40-42,48-49,51,53-56H,2-6,8-9,11-19,21-22,24-25H2,1H3. The van der Waals surface area contributed by atoms with Crippen LogP contribution >= 0.6 is 0 Å². The fraction of sp³-hybridized carbons (Fsp3) is 0.830. The van der Waals surface area contributed by atoms with Gasteiger partial charge in [-0.15, -0.1) is 0 Å². The molecule has 314 valence electrons. The molecule has 0 radical (unpaired) electrons. The average Bonchev–Trinajstić information content (AvgIpc) is 3.93. The third kappa shape index (κ3) is 5.07. The summed E-state index contributed by atoms with van der Waals surface area (Å²) in [6.07, 6.45) is 19.7. The van der Waals surface area contributed by atoms with Gasteiger partial charge >= 0.3 is 5.97 Å². The Bertz CT molecular complexity index is 1700. The normalized spacial score (nSPS) is 51.6. The van der Waals surface area contributed by atoms with Gasteiger partial charge in [0.2, 0.25) is 0 Å². The molecule has 0 aromatic rings. The lowest BCUT2D eigenvalue weighted by Crippen LogP contribution is -2.85. The van der Waals surface area contributed by atoms with Crippen molar-refractivity contribution in [3.8, 4) is 0 Å². The van der Waals surface area contributed by atoms with E-state index in [0.29, 0.717) is 50.5 Å². The minimum absolute atomic E-state index is 0.0343. The van der Waals surface area contributed by atoms with E-state index in [2.05, 4.69) is 28.9 Å². The van der Waals surface area contributed by atoms with Crippen LogP contribution in [0, 0.1) is 70.0 Å². The number of hydrogen-bond acceptors (Lipinski definition) is 10. The molecule has 7 fully saturated rings. The average molecular weight is 789 g/mol. The van der Waals surface area contributed by atoms with Crippen LogP contribution in [0.15, 0.2) is 35.5 Å². The first kappa shape index (κ1) is 39.2. The third-order valence-corrected chi connectivity index (χ3v) is 19.3. The van der Waals surface area contributed by atoms with Crippen molar-refractivity contribution in [2.45, 2.75) is 144 Å². The number of carbonyl (C=O) groups excluding carboxylic acids is 2. The highest BCUT2D eigenvalue weighted by atomic mass is 16.5. The van der Waals surface area contributed by atoms with Crippen molar-refractivity contribution in [1.29, 1.82) is 0 Å². The molecule has 10 rings (SSSR count). The van der Waals surface area contributed by atoms with Gasteiger partial charge in [0.1, 0.15) is 23.6 Å². The van der Waals surface area contributed by atoms with Gasteiger partial charge in [-0.2, -0.15) is 0 Å². The van der Waals surface area contributed by atoms with Crippen LogP contribution in [0.4, 0.5) is 0 Å². The number of aliphatic hydroxyl groups is 5. The van der Waals surface area contributed by atoms with Gasteiger partial charge in [-0.05, 0) is 124 Å². The van der Waals surface area contributed by atoms with E-state index in [-0.39, 0.29) is 48.4 Å². The summed E-state index contributed by atoms with van der Waals surface area (Å²) in [6, 6.07) is 0. The van der Waals surface area contributed by atoms with E-state index < -0.39 is 63.7 Å². The van der Waals surface area contributed by atoms with Gasteiger partial charge in [-0.25, -0.2) is 4.79 Å². The van der Waals surface area contributed by atoms with Crippen molar-refractivity contribution in [2.24, 2.45) is 70.0 Å². The van der Waals surface area contributed by atoms with Gasteiger partial charge < -0.3 is 45.7 Å². The quantitative estimate of drug-likeness (QED) is 0.0823. The highest BCUT2D eigenvalue weighted by molar-refractivity contribution is 5.87. The van der Waals surface area contributed by atoms with Crippen LogP contribution in [-0.4, -0.2) is 99.6 Å². The third-order valence-electron chi connectivity index (χ3n) is 19.3. The van der Waals surface area contributed by atoms with Crippen LogP contribution in [0.3, 0.4) is 0 Å². The number of fused-ring (bicyclic) bond motifs is 9. The van der Waals surface area contributed by atoms with Gasteiger partial charge in [-0.1, -0.05) is 63.2 Å². The molecule has 1 aliphatic heterocycles. The summed E-state index contributed by atoms with van der Waals surface area (Å²) in [5.41, 5.74) is -6.18. The summed E-state index contributed by atoms with van der Waals surface area (Å²) in [4.78, 5) is 27.5. The molecule has 0 aromatic carbocycles. The number of ether oxygens (including phenoxy) is 1. The van der Waals surface area contributed by atoms with Gasteiger partial charge in [0.25, 0.3) is 0 Å². The monoisotopic (exact) mass is 788 g/mol. The van der Waals surface area contributed by atoms with Crippen molar-refractivity contribution in [3.63, 3.8) is 0 Å². The Morgan fingerprint density at radius 2 is 1.65 bits per heavy atom. The van der Waals surface area contributed by atoms with E-state index in [4.69, 9.17) is 4.74 Å². The smallest absolute Gasteiger partial charge is 0.331 e. The van der Waals surface area contributed by atoms with Crippen LogP contribution in [-0.2, 0) is 14.3 Å². The predicted molar refractivity (Wildman–Crippen MR) is 213 cm³/mol. The summed E-state index contributed by atoms with van der Waals surface area (Å²) in [7, 11) is 1.91. The molecular weight excluding hydrogens is 721 g/mol. The molecular formula is C47H68N2O8. The molecule has 0 spiro atoms. The second kappa shape index (κ2) is 14.1. The van der Waals surface area contributed by atoms with Gasteiger partial charge in [-0.3, -0.25) is 0 Å². The van der Waals surface area contributed by atoms with Gasteiger partial charge in [0.15, 0.2) is 0 Å². The fourth-order valence-electron chi connectivity index (χ4n) is 17.3. The van der Waals surface area contributed by atoms with E-state index >= 15 is 0 Å². The van der Waals surface area contributed by atoms with Crippen molar-refractivity contribution in [1.82, 2.24) is 10.6 Å². The second-order valence-corrected chi connectivity index (χ2v) is 20.9. The maximum Gasteiger partial charge on any atom is 0.331 e. The molecule has 10 aliphatic rings. The first-order valence-corrected chi connectivity index (χ1v) is 23.1. The molecule has 0 saturated heterocycles. The maximum absolute atomic E-state index is 14.3. The number of esters is 1. The molecule has 7 N–H and O–H groups in total. The molecule has 1 heterocycles. The minimum Gasteiger partial charge on any atom is -0.450 e. The Kier molecular flexibility index (Phi) is 9.68. The predicted octanol–water partition coefficient (Wildman–Crippen LogP) is 4.13. The van der Waals surface area contributed by atoms with E-state index in [9.17, 15) is 35.1 Å². The summed E-state index contributed by atoms with van der Waals surface area (Å²) >= 11 is 0. The number of nitrogens with one attached hydrogen (secondary N) is 2. The summed E-state index contributed by atoms with van der Waals surface area (Å²) in [5, 5.41) is 74.2. The zero-order chi connectivity index (χ0) is 39.5. The number of rotatable bonds is 8. The Hall–Kier alpha value is -1.92. The number of allylic oxidation sites excluding steroid dienone is 3. The van der Waals surface area contributed by atoms with Crippen molar-refractivity contribution in [2.75, 3.05) is 26.7 Å². The number of carbonyl (C=O) groups is 2. The summed E-state index contributed by atoms with van der Waals surface area (Å²) in [5.74, 6) is -2.14. The molecule has 7 saturated carbocycles. The lowest BCUT2D eigenvalue weighted by atomic mass is 9.34. The number of likely N-dealkylation sites (N-methyl/N-ethyl adjacent to an activating group) is 1. The summed E-state index contributed by atoms with van der Waals surface area (Å²) < 4.78 is 6.08. The number of aliphatic hydroxyl groups excluding tert-OH is 2. The van der Waals surface area contributed by atoms with Gasteiger partial charge in [0, 0.05) is 48.9 Å². The van der Waals surface area contributed by atoms with Crippen molar-refractivity contribution >= 4 is 12.3 Å². The SMILES string of the molecule is CNCCNCC1=CC2CC3(O)C4(O)C(O)C5CC6C(C=CCC6C6CCCC6)CC6C(O)CCC(C=O)(C4CCC3(C3CCCCC3)C2C2=CC(=O)OC12)C65O. The Balaban J connectivity index is 1.14. The second-order valence-electron chi connectivity index (χ2n) is 20.9. The minimum atomic E-state index is -2.11. The maximum atomic E-state index is 14.3. The van der Waals surface area contributed by atoms with E-state index in [1.807, 2.05) is 7.05 Å². The van der Waals surface area contributed by atoms with Crippen LogP contribution in [0.2, 0.25) is 0 Å². The Morgan fingerprint density at radius 3 is 2.40 bits per heavy atom. The van der Waals surface area contributed by atoms with Crippen LogP contribution < -0.4 is 10.6 Å². The van der Waals surface area contributed by atoms with Gasteiger partial charge in [0.05, 0.1) is 23.2 Å². The highest BCUT2D eigenvalue weighted by Crippen LogP contribution is 2.78. The highest BCUT2D eigenvalue weighted by Gasteiger charge is 2.86. The molecule has 0 amide bonds. The summed E-state index contributed by atoms with van der Waals surface area (Å²) in [6.45, 7) is 2.04. The van der Waals surface area contributed by atoms with E-state index in [0.717, 1.165) is 69.0 Å². The molecule has 10 heteroatoms. The fourth-order valence-corrected chi connectivity index (χ4v) is 17.3. The van der Waals surface area contributed by atoms with Crippen molar-refractivity contribution in [3.05, 3.63) is 35.5 Å². The van der Waals surface area contributed by atoms with Crippen LogP contribution in [0.1, 0.15) is 109 Å². The number of hydrogen-bond donors (Lipinski definition) is 7. The zero-order valence-corrected chi connectivity index (χ0v) is 34.0. The molecule has 16 atom stereocenters. The lowest BCUT2D eigenvalue weighted by molar-refractivity contribution is -0.379. The molecule has 9 aliphatic carbocycles. The van der Waals surface area contributed by atoms with E-state index in [1.54, 1.807) is 6.08 Å². The first-order chi connectivity index (χ1) is 27.5. The van der Waals surface area contributed by atoms with Crippen molar-refractivity contribution < 1.29 is 39.9 Å². The molecule has 0 bridgehead atoms. The first-order valence-electron chi connectivity index (χ1n) is 23.1. The Morgan fingerprint density at radius 1 is 0.877 bits per heavy atom. The molecule has 10 nitrogen and oxygen atoms in total. The largest absolute Gasteiger partial charge is 0.450 e. The zero-order valence-electron chi connectivity index (χ0n) is 34.0. The van der Waals surface area contributed by atoms with Crippen LogP contribution in [0.25, 0.3) is 0 Å². The molecule has 0 aromatic heterocycles. The van der Waals surface area contributed by atoms with Crippen LogP contribution in [0.5, 0.6) is 0 Å². The number of aldehydes is 1. The Labute approximate surface area is 338 Å². The topological polar surface area (TPSA) is 169 Å². The van der Waals surface area contributed by atoms with E-state index in [1.165, 1.54) is 25.7 Å². The molecule has 57 heavy (non-hydrogen) atoms.